The molecule has 10 heteroatoms. The van der Waals surface area contributed by atoms with E-state index in [2.05, 4.69) is 9.82 Å². The average Bonchev–Trinajstić information content (AvgIpc) is 3.00. The van der Waals surface area contributed by atoms with Crippen LogP contribution in [0.4, 0.5) is 10.1 Å². The molecule has 0 radical (unpaired) electrons. The Morgan fingerprint density at radius 3 is 2.44 bits per heavy atom. The molecule has 1 atom stereocenters. The van der Waals surface area contributed by atoms with Crippen LogP contribution >= 0.6 is 0 Å². The SMILES string of the molecule is Cc1nn([C@@H]2CCS(=O)(=O)C2)c(C)c1S(=O)(=O)Nc1ccc(F)cc1. The smallest absolute Gasteiger partial charge is 0.265 e. The van der Waals surface area contributed by atoms with Crippen LogP contribution in [0, 0.1) is 19.7 Å². The molecule has 7 nitrogen and oxygen atoms in total. The third kappa shape index (κ3) is 3.54. The first kappa shape index (κ1) is 17.9. The van der Waals surface area contributed by atoms with Crippen molar-refractivity contribution in [2.24, 2.45) is 0 Å². The van der Waals surface area contributed by atoms with Gasteiger partial charge in [-0.1, -0.05) is 0 Å². The lowest BCUT2D eigenvalue weighted by Crippen LogP contribution is -2.17. The van der Waals surface area contributed by atoms with Crippen molar-refractivity contribution < 1.29 is 21.2 Å². The van der Waals surface area contributed by atoms with Crippen molar-refractivity contribution in [1.82, 2.24) is 9.78 Å². The van der Waals surface area contributed by atoms with Crippen LogP contribution in [-0.4, -0.2) is 38.1 Å². The first-order valence-corrected chi connectivity index (χ1v) is 10.9. The van der Waals surface area contributed by atoms with Crippen molar-refractivity contribution in [3.63, 3.8) is 0 Å². The summed E-state index contributed by atoms with van der Waals surface area (Å²) in [6.45, 7) is 3.16. The molecule has 0 amide bonds. The van der Waals surface area contributed by atoms with E-state index in [0.29, 0.717) is 12.1 Å². The quantitative estimate of drug-likeness (QED) is 0.863. The van der Waals surface area contributed by atoms with Gasteiger partial charge >= 0.3 is 0 Å². The lowest BCUT2D eigenvalue weighted by Gasteiger charge is -2.12. The Bertz CT molecular complexity index is 1010. The zero-order valence-electron chi connectivity index (χ0n) is 13.7. The molecule has 3 rings (SSSR count). The molecule has 0 spiro atoms. The Hall–Kier alpha value is -1.94. The molecule has 0 unspecified atom stereocenters. The van der Waals surface area contributed by atoms with Crippen molar-refractivity contribution in [3.05, 3.63) is 41.5 Å². The molecule has 1 aromatic carbocycles. The summed E-state index contributed by atoms with van der Waals surface area (Å²) in [5, 5.41) is 4.25. The zero-order valence-corrected chi connectivity index (χ0v) is 15.4. The molecule has 2 aromatic rings. The highest BCUT2D eigenvalue weighted by molar-refractivity contribution is 7.92. The number of nitrogens with one attached hydrogen (secondary N) is 1. The zero-order chi connectivity index (χ0) is 18.4. The number of aromatic nitrogens is 2. The molecule has 1 saturated heterocycles. The number of anilines is 1. The topological polar surface area (TPSA) is 98.1 Å². The summed E-state index contributed by atoms with van der Waals surface area (Å²) in [5.74, 6) is -0.434. The van der Waals surface area contributed by atoms with Gasteiger partial charge in [-0.2, -0.15) is 5.10 Å². The Morgan fingerprint density at radius 2 is 1.88 bits per heavy atom. The van der Waals surface area contributed by atoms with Crippen LogP contribution in [0.2, 0.25) is 0 Å². The van der Waals surface area contributed by atoms with Gasteiger partial charge in [-0.25, -0.2) is 21.2 Å². The monoisotopic (exact) mass is 387 g/mol. The highest BCUT2D eigenvalue weighted by Gasteiger charge is 2.33. The molecular formula is C15H18FN3O4S2. The minimum absolute atomic E-state index is 0.0149. The number of benzene rings is 1. The van der Waals surface area contributed by atoms with Crippen LogP contribution in [0.3, 0.4) is 0 Å². The maximum absolute atomic E-state index is 13.0. The van der Waals surface area contributed by atoms with Crippen molar-refractivity contribution in [3.8, 4) is 0 Å². The van der Waals surface area contributed by atoms with E-state index in [9.17, 15) is 21.2 Å². The van der Waals surface area contributed by atoms with Gasteiger partial charge in [0.1, 0.15) is 10.7 Å². The van der Waals surface area contributed by atoms with Crippen LogP contribution in [0.5, 0.6) is 0 Å². The maximum Gasteiger partial charge on any atom is 0.265 e. The fraction of sp³-hybridized carbons (Fsp3) is 0.400. The Labute approximate surface area is 145 Å². The Kier molecular flexibility index (Phi) is 4.36. The van der Waals surface area contributed by atoms with Gasteiger partial charge in [0.2, 0.25) is 0 Å². The number of hydrogen-bond donors (Lipinski definition) is 1. The predicted octanol–water partition coefficient (Wildman–Crippen LogP) is 1.80. The van der Waals surface area contributed by atoms with Gasteiger partial charge in [0.05, 0.1) is 28.9 Å². The van der Waals surface area contributed by atoms with Crippen molar-refractivity contribution in [1.29, 1.82) is 0 Å². The summed E-state index contributed by atoms with van der Waals surface area (Å²) >= 11 is 0. The van der Waals surface area contributed by atoms with E-state index >= 15 is 0 Å². The second-order valence-corrected chi connectivity index (χ2v) is 9.96. The van der Waals surface area contributed by atoms with Crippen LogP contribution in [0.25, 0.3) is 0 Å². The van der Waals surface area contributed by atoms with Crippen LogP contribution in [0.1, 0.15) is 23.9 Å². The molecule has 1 aromatic heterocycles. The minimum atomic E-state index is -3.93. The molecular weight excluding hydrogens is 369 g/mol. The first-order valence-electron chi connectivity index (χ1n) is 7.63. The van der Waals surface area contributed by atoms with Crippen LogP contribution in [0.15, 0.2) is 29.2 Å². The molecule has 0 saturated carbocycles. The number of aryl methyl sites for hydroxylation is 1. The summed E-state index contributed by atoms with van der Waals surface area (Å²) in [5.41, 5.74) is 0.905. The second-order valence-electron chi connectivity index (χ2n) is 6.11. The number of halogens is 1. The molecule has 1 fully saturated rings. The van der Waals surface area contributed by atoms with Gasteiger partial charge in [0.15, 0.2) is 9.84 Å². The molecule has 136 valence electrons. The second kappa shape index (κ2) is 6.10. The van der Waals surface area contributed by atoms with Gasteiger partial charge in [-0.05, 0) is 44.5 Å². The maximum atomic E-state index is 13.0. The number of hydrogen-bond acceptors (Lipinski definition) is 5. The van der Waals surface area contributed by atoms with E-state index in [1.807, 2.05) is 0 Å². The Morgan fingerprint density at radius 1 is 1.24 bits per heavy atom. The molecule has 25 heavy (non-hydrogen) atoms. The van der Waals surface area contributed by atoms with Gasteiger partial charge in [0.25, 0.3) is 10.0 Å². The van der Waals surface area contributed by atoms with E-state index in [1.165, 1.54) is 16.8 Å². The standard InChI is InChI=1S/C15H18FN3O4S2/c1-10-15(25(22,23)18-13-5-3-12(16)4-6-13)11(2)19(17-10)14-7-8-24(20,21)9-14/h3-6,14,18H,7-9H2,1-2H3/t14-/m1/s1. The van der Waals surface area contributed by atoms with E-state index in [-0.39, 0.29) is 33.8 Å². The minimum Gasteiger partial charge on any atom is -0.280 e. The number of sulfone groups is 1. The molecule has 1 N–H and O–H groups in total. The lowest BCUT2D eigenvalue weighted by atomic mass is 10.2. The summed E-state index contributed by atoms with van der Waals surface area (Å²) in [6.07, 6.45) is 0.412. The first-order chi connectivity index (χ1) is 11.6. The summed E-state index contributed by atoms with van der Waals surface area (Å²) in [7, 11) is -7.04. The van der Waals surface area contributed by atoms with Gasteiger partial charge < -0.3 is 0 Å². The third-order valence-corrected chi connectivity index (χ3v) is 7.56. The van der Waals surface area contributed by atoms with E-state index < -0.39 is 25.7 Å². The molecule has 0 bridgehead atoms. The fourth-order valence-corrected chi connectivity index (χ4v) is 6.24. The lowest BCUT2D eigenvalue weighted by molar-refractivity contribution is 0.484. The molecule has 1 aliphatic heterocycles. The highest BCUT2D eigenvalue weighted by Crippen LogP contribution is 2.29. The number of sulfonamides is 1. The van der Waals surface area contributed by atoms with Gasteiger partial charge in [-0.3, -0.25) is 9.40 Å². The van der Waals surface area contributed by atoms with Gasteiger partial charge in [0, 0.05) is 5.69 Å². The predicted molar refractivity (Wildman–Crippen MR) is 91.2 cm³/mol. The van der Waals surface area contributed by atoms with E-state index in [1.54, 1.807) is 13.8 Å². The largest absolute Gasteiger partial charge is 0.280 e. The van der Waals surface area contributed by atoms with Crippen LogP contribution < -0.4 is 4.72 Å². The fourth-order valence-electron chi connectivity index (χ4n) is 3.08. The normalized spacial score (nSPS) is 19.9. The number of rotatable bonds is 4. The van der Waals surface area contributed by atoms with Crippen molar-refractivity contribution in [2.75, 3.05) is 16.2 Å². The van der Waals surface area contributed by atoms with Gasteiger partial charge in [-0.15, -0.1) is 0 Å². The van der Waals surface area contributed by atoms with Crippen molar-refractivity contribution >= 4 is 25.5 Å². The summed E-state index contributed by atoms with van der Waals surface area (Å²) in [4.78, 5) is 0.0149. The number of nitrogens with zero attached hydrogens (tertiary/aromatic N) is 2. The Balaban J connectivity index is 1.95. The summed E-state index contributed by atoms with van der Waals surface area (Å²) in [6, 6.07) is 4.60. The average molecular weight is 387 g/mol. The summed E-state index contributed by atoms with van der Waals surface area (Å²) < 4.78 is 65.6. The molecule has 1 aliphatic rings. The molecule has 2 heterocycles. The van der Waals surface area contributed by atoms with Crippen molar-refractivity contribution in [2.45, 2.75) is 31.2 Å². The van der Waals surface area contributed by atoms with E-state index in [4.69, 9.17) is 0 Å². The third-order valence-electron chi connectivity index (χ3n) is 4.18. The van der Waals surface area contributed by atoms with Crippen LogP contribution in [-0.2, 0) is 19.9 Å². The van der Waals surface area contributed by atoms with E-state index in [0.717, 1.165) is 12.1 Å². The molecule has 0 aliphatic carbocycles. The highest BCUT2D eigenvalue weighted by atomic mass is 32.2.